The molecule has 1 fully saturated rings. The van der Waals surface area contributed by atoms with Gasteiger partial charge in [0.1, 0.15) is 12.1 Å². The number of benzene rings is 1. The van der Waals surface area contributed by atoms with E-state index in [4.69, 9.17) is 5.10 Å². The number of amides is 1. The SMILES string of the molecule is Cc1nn(-c2cc(N3CCCCC3)ncn2)c(C)c1CCC(=O)NCCCc1ccccc1. The highest BCUT2D eigenvalue weighted by atomic mass is 16.1. The molecule has 0 aliphatic carbocycles. The summed E-state index contributed by atoms with van der Waals surface area (Å²) in [6.45, 7) is 6.84. The summed E-state index contributed by atoms with van der Waals surface area (Å²) in [6.07, 6.45) is 8.38. The van der Waals surface area contributed by atoms with E-state index in [1.807, 2.05) is 23.7 Å². The van der Waals surface area contributed by atoms with Crippen molar-refractivity contribution in [1.29, 1.82) is 0 Å². The van der Waals surface area contributed by atoms with Crippen molar-refractivity contribution in [1.82, 2.24) is 25.1 Å². The molecule has 3 heterocycles. The van der Waals surface area contributed by atoms with Crippen LogP contribution in [0, 0.1) is 13.8 Å². The maximum Gasteiger partial charge on any atom is 0.220 e. The zero-order valence-corrected chi connectivity index (χ0v) is 19.8. The number of nitrogens with one attached hydrogen (secondary N) is 1. The van der Waals surface area contributed by atoms with Crippen LogP contribution in [0.2, 0.25) is 0 Å². The summed E-state index contributed by atoms with van der Waals surface area (Å²) < 4.78 is 1.89. The monoisotopic (exact) mass is 446 g/mol. The van der Waals surface area contributed by atoms with Gasteiger partial charge in [-0.05, 0) is 63.5 Å². The van der Waals surface area contributed by atoms with Crippen LogP contribution in [-0.4, -0.2) is 45.3 Å². The van der Waals surface area contributed by atoms with Gasteiger partial charge in [0.2, 0.25) is 5.91 Å². The smallest absolute Gasteiger partial charge is 0.220 e. The summed E-state index contributed by atoms with van der Waals surface area (Å²) in [4.78, 5) is 23.7. The van der Waals surface area contributed by atoms with E-state index < -0.39 is 0 Å². The molecule has 7 nitrogen and oxygen atoms in total. The van der Waals surface area contributed by atoms with Gasteiger partial charge < -0.3 is 10.2 Å². The molecule has 174 valence electrons. The second-order valence-electron chi connectivity index (χ2n) is 8.78. The Bertz CT molecular complexity index is 1060. The molecular formula is C26H34N6O. The molecule has 0 atom stereocenters. The third-order valence-corrected chi connectivity index (χ3v) is 6.39. The Morgan fingerprint density at radius 2 is 1.76 bits per heavy atom. The van der Waals surface area contributed by atoms with Crippen molar-refractivity contribution < 1.29 is 4.79 Å². The first-order valence-electron chi connectivity index (χ1n) is 12.0. The van der Waals surface area contributed by atoms with Crippen LogP contribution in [-0.2, 0) is 17.6 Å². The van der Waals surface area contributed by atoms with Crippen LogP contribution in [0.1, 0.15) is 54.6 Å². The van der Waals surface area contributed by atoms with E-state index in [-0.39, 0.29) is 5.91 Å². The van der Waals surface area contributed by atoms with E-state index in [1.165, 1.54) is 24.8 Å². The lowest BCUT2D eigenvalue weighted by Gasteiger charge is -2.27. The van der Waals surface area contributed by atoms with Gasteiger partial charge in [-0.1, -0.05) is 30.3 Å². The summed E-state index contributed by atoms with van der Waals surface area (Å²) in [5.41, 5.74) is 4.40. The Morgan fingerprint density at radius 1 is 1.00 bits per heavy atom. The lowest BCUT2D eigenvalue weighted by atomic mass is 10.1. The molecule has 7 heteroatoms. The molecule has 3 aromatic rings. The van der Waals surface area contributed by atoms with Gasteiger partial charge in [0.05, 0.1) is 5.69 Å². The van der Waals surface area contributed by atoms with Crippen LogP contribution in [0.5, 0.6) is 0 Å². The van der Waals surface area contributed by atoms with Crippen molar-refractivity contribution in [3.8, 4) is 5.82 Å². The highest BCUT2D eigenvalue weighted by Gasteiger charge is 2.17. The highest BCUT2D eigenvalue weighted by Crippen LogP contribution is 2.22. The molecule has 1 saturated heterocycles. The number of nitrogens with zero attached hydrogens (tertiary/aromatic N) is 5. The van der Waals surface area contributed by atoms with Crippen molar-refractivity contribution in [2.24, 2.45) is 0 Å². The van der Waals surface area contributed by atoms with Gasteiger partial charge in [-0.25, -0.2) is 14.6 Å². The average Bonchev–Trinajstić information content (AvgIpc) is 3.15. The standard InChI is InChI=1S/C26H34N6O/c1-20-23(13-14-26(33)27-15-9-12-22-10-5-3-6-11-22)21(2)32(30-20)25-18-24(28-19-29-25)31-16-7-4-8-17-31/h3,5-6,10-11,18-19H,4,7-9,12-17H2,1-2H3,(H,27,33). The quantitative estimate of drug-likeness (QED) is 0.504. The number of carbonyl (C=O) groups is 1. The lowest BCUT2D eigenvalue weighted by molar-refractivity contribution is -0.121. The minimum atomic E-state index is 0.0871. The largest absolute Gasteiger partial charge is 0.356 e. The highest BCUT2D eigenvalue weighted by molar-refractivity contribution is 5.76. The summed E-state index contributed by atoms with van der Waals surface area (Å²) in [6, 6.07) is 12.4. The Hall–Kier alpha value is -3.22. The fourth-order valence-electron chi connectivity index (χ4n) is 4.50. The number of aryl methyl sites for hydroxylation is 2. The van der Waals surface area contributed by atoms with Crippen LogP contribution in [0.25, 0.3) is 5.82 Å². The second kappa shape index (κ2) is 11.1. The zero-order chi connectivity index (χ0) is 23.0. The van der Waals surface area contributed by atoms with Crippen molar-refractivity contribution in [2.75, 3.05) is 24.5 Å². The van der Waals surface area contributed by atoms with E-state index >= 15 is 0 Å². The molecule has 0 radical (unpaired) electrons. The first-order valence-corrected chi connectivity index (χ1v) is 12.0. The zero-order valence-electron chi connectivity index (χ0n) is 19.8. The van der Waals surface area contributed by atoms with Crippen molar-refractivity contribution in [2.45, 2.75) is 58.8 Å². The van der Waals surface area contributed by atoms with Crippen LogP contribution in [0.15, 0.2) is 42.7 Å². The van der Waals surface area contributed by atoms with Gasteiger partial charge in [0.15, 0.2) is 5.82 Å². The van der Waals surface area contributed by atoms with Gasteiger partial charge in [0, 0.05) is 37.8 Å². The van der Waals surface area contributed by atoms with Crippen LogP contribution in [0.3, 0.4) is 0 Å². The van der Waals surface area contributed by atoms with Crippen LogP contribution in [0.4, 0.5) is 5.82 Å². The average molecular weight is 447 g/mol. The van der Waals surface area contributed by atoms with E-state index in [1.54, 1.807) is 6.33 Å². The van der Waals surface area contributed by atoms with E-state index in [9.17, 15) is 4.79 Å². The minimum Gasteiger partial charge on any atom is -0.356 e. The van der Waals surface area contributed by atoms with Gasteiger partial charge in [-0.15, -0.1) is 0 Å². The third kappa shape index (κ3) is 5.97. The number of hydrogen-bond acceptors (Lipinski definition) is 5. The fraction of sp³-hybridized carbons (Fsp3) is 0.462. The molecule has 0 saturated carbocycles. The lowest BCUT2D eigenvalue weighted by Crippen LogP contribution is -2.30. The number of carbonyl (C=O) groups excluding carboxylic acids is 1. The number of aromatic nitrogens is 4. The summed E-state index contributed by atoms with van der Waals surface area (Å²) in [7, 11) is 0. The topological polar surface area (TPSA) is 75.9 Å². The normalized spacial score (nSPS) is 13.8. The van der Waals surface area contributed by atoms with Gasteiger partial charge in [0.25, 0.3) is 0 Å². The van der Waals surface area contributed by atoms with E-state index in [0.717, 1.165) is 54.5 Å². The molecule has 0 spiro atoms. The Labute approximate surface area is 196 Å². The molecule has 2 aromatic heterocycles. The molecule has 1 aromatic carbocycles. The number of rotatable bonds is 9. The third-order valence-electron chi connectivity index (χ3n) is 6.39. The number of hydrogen-bond donors (Lipinski definition) is 1. The molecule has 1 aliphatic rings. The molecular weight excluding hydrogens is 412 g/mol. The predicted molar refractivity (Wildman–Crippen MR) is 131 cm³/mol. The number of piperidine rings is 1. The molecule has 1 amide bonds. The molecule has 1 N–H and O–H groups in total. The van der Waals surface area contributed by atoms with E-state index in [2.05, 4.69) is 51.4 Å². The molecule has 0 unspecified atom stereocenters. The molecule has 1 aliphatic heterocycles. The van der Waals surface area contributed by atoms with Crippen molar-refractivity contribution in [3.63, 3.8) is 0 Å². The Morgan fingerprint density at radius 3 is 2.55 bits per heavy atom. The van der Waals surface area contributed by atoms with Crippen LogP contribution >= 0.6 is 0 Å². The van der Waals surface area contributed by atoms with Gasteiger partial charge in [-0.2, -0.15) is 5.10 Å². The maximum atomic E-state index is 12.4. The maximum absolute atomic E-state index is 12.4. The van der Waals surface area contributed by atoms with E-state index in [0.29, 0.717) is 19.4 Å². The summed E-state index contributed by atoms with van der Waals surface area (Å²) in [5.74, 6) is 1.83. The molecule has 0 bridgehead atoms. The predicted octanol–water partition coefficient (Wildman–Crippen LogP) is 3.95. The van der Waals surface area contributed by atoms with Crippen molar-refractivity contribution >= 4 is 11.7 Å². The summed E-state index contributed by atoms with van der Waals surface area (Å²) in [5, 5.41) is 7.78. The van der Waals surface area contributed by atoms with Gasteiger partial charge >= 0.3 is 0 Å². The number of anilines is 1. The fourth-order valence-corrected chi connectivity index (χ4v) is 4.50. The van der Waals surface area contributed by atoms with Gasteiger partial charge in [-0.3, -0.25) is 4.79 Å². The molecule has 33 heavy (non-hydrogen) atoms. The Balaban J connectivity index is 1.32. The second-order valence-corrected chi connectivity index (χ2v) is 8.78. The Kier molecular flexibility index (Phi) is 7.70. The first-order chi connectivity index (χ1) is 16.1. The summed E-state index contributed by atoms with van der Waals surface area (Å²) >= 11 is 0. The minimum absolute atomic E-state index is 0.0871. The first kappa shape index (κ1) is 23.0. The van der Waals surface area contributed by atoms with Crippen LogP contribution < -0.4 is 10.2 Å². The van der Waals surface area contributed by atoms with Crippen molar-refractivity contribution in [3.05, 3.63) is 65.2 Å². The molecule has 4 rings (SSSR count).